The summed E-state index contributed by atoms with van der Waals surface area (Å²) in [7, 11) is 0. The molecule has 0 atom stereocenters. The largest absolute Gasteiger partial charge is 0.207 e. The van der Waals surface area contributed by atoms with Crippen LogP contribution in [-0.2, 0) is 12.8 Å². The van der Waals surface area contributed by atoms with Gasteiger partial charge in [-0.05, 0) is 35.4 Å². The van der Waals surface area contributed by atoms with Gasteiger partial charge >= 0.3 is 0 Å². The van der Waals surface area contributed by atoms with Gasteiger partial charge in [-0.2, -0.15) is 0 Å². The van der Waals surface area contributed by atoms with Gasteiger partial charge in [0, 0.05) is 34.6 Å². The Morgan fingerprint density at radius 1 is 0.864 bits per heavy atom. The lowest BCUT2D eigenvalue weighted by Crippen LogP contribution is -2.09. The Morgan fingerprint density at radius 3 is 1.77 bits per heavy atom. The molecule has 0 fully saturated rings. The first-order valence-corrected chi connectivity index (χ1v) is 7.72. The molecule has 0 N–H and O–H groups in total. The Balaban J connectivity index is 1.86. The fraction of sp³-hybridized carbons (Fsp3) is 0.158. The Kier molecular flexibility index (Phi) is 5.94. The van der Waals surface area contributed by atoms with E-state index in [1.54, 1.807) is 12.1 Å². The number of halogens is 1. The van der Waals surface area contributed by atoms with Crippen molar-refractivity contribution in [1.82, 2.24) is 0 Å². The van der Waals surface area contributed by atoms with E-state index >= 15 is 0 Å². The van der Waals surface area contributed by atoms with Crippen molar-refractivity contribution < 1.29 is 4.39 Å². The zero-order valence-electron chi connectivity index (χ0n) is 12.0. The lowest BCUT2D eigenvalue weighted by atomic mass is 10.0. The van der Waals surface area contributed by atoms with Crippen LogP contribution in [0.1, 0.15) is 23.1 Å². The second-order valence-corrected chi connectivity index (χ2v) is 6.23. The standard InChI is InChI=1S/C19H15FS2/c1-2-14-3-5-15(6-4-14)11-18(21)13-19(22)12-16-7-9-17(20)10-8-16/h1,3-10H,11-13H2. The third-order valence-electron chi connectivity index (χ3n) is 3.23. The van der Waals surface area contributed by atoms with E-state index in [4.69, 9.17) is 30.9 Å². The summed E-state index contributed by atoms with van der Waals surface area (Å²) in [5.74, 6) is 2.36. The highest BCUT2D eigenvalue weighted by atomic mass is 32.1. The fourth-order valence-electron chi connectivity index (χ4n) is 2.12. The molecule has 0 aliphatic carbocycles. The Hall–Kier alpha value is -1.89. The molecule has 0 heterocycles. The van der Waals surface area contributed by atoms with Gasteiger partial charge in [-0.1, -0.05) is 54.6 Å². The second-order valence-electron chi connectivity index (χ2n) is 5.08. The molecule has 0 saturated heterocycles. The Bertz CT molecular complexity index is 707. The summed E-state index contributed by atoms with van der Waals surface area (Å²) in [6.07, 6.45) is 7.31. The molecule has 3 heteroatoms. The molecule has 0 nitrogen and oxygen atoms in total. The molecule has 0 unspecified atom stereocenters. The first-order chi connectivity index (χ1) is 10.6. The summed E-state index contributed by atoms with van der Waals surface area (Å²) in [6, 6.07) is 14.2. The third-order valence-corrected chi connectivity index (χ3v) is 3.81. The van der Waals surface area contributed by atoms with E-state index < -0.39 is 0 Å². The molecular weight excluding hydrogens is 311 g/mol. The highest BCUT2D eigenvalue weighted by molar-refractivity contribution is 7.82. The number of rotatable bonds is 6. The molecule has 0 aliphatic heterocycles. The lowest BCUT2D eigenvalue weighted by Gasteiger charge is -2.07. The summed E-state index contributed by atoms with van der Waals surface area (Å²) < 4.78 is 12.9. The summed E-state index contributed by atoms with van der Waals surface area (Å²) in [4.78, 5) is 1.78. The first kappa shape index (κ1) is 16.5. The normalized spacial score (nSPS) is 10.0. The van der Waals surface area contributed by atoms with Gasteiger partial charge in [0.1, 0.15) is 5.82 Å². The summed E-state index contributed by atoms with van der Waals surface area (Å²) in [6.45, 7) is 0. The van der Waals surface area contributed by atoms with E-state index in [0.29, 0.717) is 19.3 Å². The molecule has 22 heavy (non-hydrogen) atoms. The molecule has 2 aromatic rings. The minimum absolute atomic E-state index is 0.236. The maximum atomic E-state index is 12.9. The van der Waals surface area contributed by atoms with E-state index in [9.17, 15) is 4.39 Å². The number of hydrogen-bond acceptors (Lipinski definition) is 2. The molecule has 0 bridgehead atoms. The van der Waals surface area contributed by atoms with Gasteiger partial charge in [0.25, 0.3) is 0 Å². The summed E-state index contributed by atoms with van der Waals surface area (Å²) in [5, 5.41) is 0. The van der Waals surface area contributed by atoms with Crippen molar-refractivity contribution in [1.29, 1.82) is 0 Å². The average Bonchev–Trinajstić information content (AvgIpc) is 2.50. The molecule has 2 aromatic carbocycles. The number of benzene rings is 2. The minimum atomic E-state index is -0.236. The molecule has 0 saturated carbocycles. The second kappa shape index (κ2) is 7.93. The van der Waals surface area contributed by atoms with Crippen LogP contribution in [0.4, 0.5) is 4.39 Å². The monoisotopic (exact) mass is 326 g/mol. The van der Waals surface area contributed by atoms with E-state index in [1.807, 2.05) is 24.3 Å². The molecule has 110 valence electrons. The fourth-order valence-corrected chi connectivity index (χ4v) is 2.89. The predicted molar refractivity (Wildman–Crippen MR) is 98.0 cm³/mol. The number of terminal acetylenes is 1. The summed E-state index contributed by atoms with van der Waals surface area (Å²) >= 11 is 10.8. The average molecular weight is 326 g/mol. The van der Waals surface area contributed by atoms with Crippen LogP contribution in [0.5, 0.6) is 0 Å². The number of hydrogen-bond donors (Lipinski definition) is 0. The van der Waals surface area contributed by atoms with Crippen LogP contribution in [0.2, 0.25) is 0 Å². The van der Waals surface area contributed by atoms with Crippen LogP contribution in [0, 0.1) is 18.2 Å². The lowest BCUT2D eigenvalue weighted by molar-refractivity contribution is 0.627. The smallest absolute Gasteiger partial charge is 0.123 e. The van der Waals surface area contributed by atoms with Gasteiger partial charge in [-0.3, -0.25) is 0 Å². The van der Waals surface area contributed by atoms with Gasteiger partial charge in [0.2, 0.25) is 0 Å². The van der Waals surface area contributed by atoms with Crippen molar-refractivity contribution in [3.8, 4) is 12.3 Å². The molecule has 2 rings (SSSR count). The van der Waals surface area contributed by atoms with E-state index in [0.717, 1.165) is 26.4 Å². The van der Waals surface area contributed by atoms with Gasteiger partial charge in [-0.25, -0.2) is 4.39 Å². The van der Waals surface area contributed by atoms with Crippen LogP contribution >= 0.6 is 24.4 Å². The van der Waals surface area contributed by atoms with Crippen LogP contribution in [0.3, 0.4) is 0 Å². The van der Waals surface area contributed by atoms with Crippen LogP contribution < -0.4 is 0 Å². The molecule has 0 spiro atoms. The van der Waals surface area contributed by atoms with E-state index in [1.165, 1.54) is 12.1 Å². The van der Waals surface area contributed by atoms with Crippen molar-refractivity contribution >= 4 is 34.2 Å². The molecule has 0 aliphatic rings. The minimum Gasteiger partial charge on any atom is -0.207 e. The van der Waals surface area contributed by atoms with E-state index in [2.05, 4.69) is 5.92 Å². The van der Waals surface area contributed by atoms with Crippen molar-refractivity contribution in [2.24, 2.45) is 0 Å². The Labute approximate surface area is 141 Å². The van der Waals surface area contributed by atoms with Crippen molar-refractivity contribution in [3.63, 3.8) is 0 Å². The van der Waals surface area contributed by atoms with Crippen LogP contribution in [0.25, 0.3) is 0 Å². The topological polar surface area (TPSA) is 0 Å². The SMILES string of the molecule is C#Cc1ccc(CC(=S)CC(=S)Cc2ccc(F)cc2)cc1. The van der Waals surface area contributed by atoms with E-state index in [-0.39, 0.29) is 5.82 Å². The highest BCUT2D eigenvalue weighted by Crippen LogP contribution is 2.10. The van der Waals surface area contributed by atoms with Crippen molar-refractivity contribution in [3.05, 3.63) is 71.0 Å². The maximum Gasteiger partial charge on any atom is 0.123 e. The zero-order chi connectivity index (χ0) is 15.9. The maximum absolute atomic E-state index is 12.9. The quantitative estimate of drug-likeness (QED) is 0.556. The molecular formula is C19H15FS2. The third kappa shape index (κ3) is 5.14. The van der Waals surface area contributed by atoms with Crippen LogP contribution in [-0.4, -0.2) is 9.73 Å². The molecule has 0 radical (unpaired) electrons. The highest BCUT2D eigenvalue weighted by Gasteiger charge is 2.05. The van der Waals surface area contributed by atoms with Crippen LogP contribution in [0.15, 0.2) is 48.5 Å². The number of thiocarbonyl (C=S) groups is 2. The van der Waals surface area contributed by atoms with Gasteiger partial charge in [0.15, 0.2) is 0 Å². The first-order valence-electron chi connectivity index (χ1n) is 6.90. The van der Waals surface area contributed by atoms with Crippen molar-refractivity contribution in [2.45, 2.75) is 19.3 Å². The predicted octanol–water partition coefficient (Wildman–Crippen LogP) is 4.72. The van der Waals surface area contributed by atoms with Crippen molar-refractivity contribution in [2.75, 3.05) is 0 Å². The molecule has 0 amide bonds. The summed E-state index contributed by atoms with van der Waals surface area (Å²) in [5.41, 5.74) is 3.00. The van der Waals surface area contributed by atoms with Gasteiger partial charge in [-0.15, -0.1) is 6.42 Å². The molecule has 0 aromatic heterocycles. The zero-order valence-corrected chi connectivity index (χ0v) is 13.6. The van der Waals surface area contributed by atoms with Gasteiger partial charge in [0.05, 0.1) is 0 Å². The Morgan fingerprint density at radius 2 is 1.32 bits per heavy atom. The van der Waals surface area contributed by atoms with Gasteiger partial charge < -0.3 is 0 Å².